The van der Waals surface area contributed by atoms with E-state index in [-0.39, 0.29) is 11.3 Å². The van der Waals surface area contributed by atoms with Crippen LogP contribution < -0.4 is 4.74 Å². The van der Waals surface area contributed by atoms with Gasteiger partial charge in [-0.1, -0.05) is 12.1 Å². The molecule has 8 heteroatoms. The first-order valence-electron chi connectivity index (χ1n) is 5.52. The molecule has 1 aromatic carbocycles. The summed E-state index contributed by atoms with van der Waals surface area (Å²) in [6, 6.07) is 6.56. The number of hydrogen-bond donors (Lipinski definition) is 1. The van der Waals surface area contributed by atoms with Gasteiger partial charge >= 0.3 is 12.3 Å². The van der Waals surface area contributed by atoms with Crippen LogP contribution in [0.1, 0.15) is 10.4 Å². The Morgan fingerprint density at radius 1 is 1.19 bits per heavy atom. The fraction of sp³-hybridized carbons (Fsp3) is 0.0769. The Morgan fingerprint density at radius 2 is 1.86 bits per heavy atom. The second-order valence-electron chi connectivity index (χ2n) is 3.91. The quantitative estimate of drug-likeness (QED) is 0.696. The van der Waals surface area contributed by atoms with E-state index in [4.69, 9.17) is 5.11 Å². The van der Waals surface area contributed by atoms with Crippen molar-refractivity contribution in [2.24, 2.45) is 0 Å². The minimum Gasteiger partial charge on any atom is -0.478 e. The number of rotatable bonds is 3. The molecular weight excluding hydrogens is 294 g/mol. The molecule has 0 spiro atoms. The molecule has 0 fully saturated rings. The van der Waals surface area contributed by atoms with E-state index < -0.39 is 29.6 Å². The molecule has 0 aliphatic heterocycles. The van der Waals surface area contributed by atoms with Crippen LogP contribution in [0.25, 0.3) is 11.3 Å². The maximum atomic E-state index is 13.3. The van der Waals surface area contributed by atoms with Crippen molar-refractivity contribution in [3.63, 3.8) is 0 Å². The number of nitrogens with zero attached hydrogens (tertiary/aromatic N) is 1. The summed E-state index contributed by atoms with van der Waals surface area (Å²) in [4.78, 5) is 14.2. The molecule has 0 saturated heterocycles. The normalized spacial score (nSPS) is 11.2. The van der Waals surface area contributed by atoms with Gasteiger partial charge < -0.3 is 9.84 Å². The van der Waals surface area contributed by atoms with Gasteiger partial charge in [-0.3, -0.25) is 0 Å². The van der Waals surface area contributed by atoms with E-state index in [2.05, 4.69) is 9.72 Å². The molecule has 110 valence electrons. The number of para-hydroxylation sites is 1. The smallest absolute Gasteiger partial charge is 0.478 e. The highest BCUT2D eigenvalue weighted by atomic mass is 19.4. The van der Waals surface area contributed by atoms with Gasteiger partial charge in [0.15, 0.2) is 0 Å². The molecule has 0 radical (unpaired) electrons. The number of halogens is 4. The van der Waals surface area contributed by atoms with Gasteiger partial charge in [0.2, 0.25) is 5.95 Å². The summed E-state index contributed by atoms with van der Waals surface area (Å²) in [5.41, 5.74) is -0.872. The summed E-state index contributed by atoms with van der Waals surface area (Å²) in [6.07, 6.45) is -4.93. The van der Waals surface area contributed by atoms with Crippen LogP contribution in [0.4, 0.5) is 17.6 Å². The van der Waals surface area contributed by atoms with Gasteiger partial charge in [0.05, 0.1) is 11.3 Å². The number of carboxylic acid groups (broad SMARTS) is 1. The van der Waals surface area contributed by atoms with Gasteiger partial charge in [-0.25, -0.2) is 9.78 Å². The van der Waals surface area contributed by atoms with Crippen LogP contribution in [0.3, 0.4) is 0 Å². The van der Waals surface area contributed by atoms with Crippen LogP contribution in [-0.2, 0) is 0 Å². The lowest BCUT2D eigenvalue weighted by Crippen LogP contribution is -2.17. The lowest BCUT2D eigenvalue weighted by molar-refractivity contribution is -0.274. The zero-order valence-electron chi connectivity index (χ0n) is 10.2. The van der Waals surface area contributed by atoms with E-state index in [1.165, 1.54) is 18.2 Å². The second-order valence-corrected chi connectivity index (χ2v) is 3.91. The van der Waals surface area contributed by atoms with E-state index in [1.54, 1.807) is 0 Å². The molecule has 0 amide bonds. The lowest BCUT2D eigenvalue weighted by Gasteiger charge is -2.13. The zero-order chi connectivity index (χ0) is 15.6. The van der Waals surface area contributed by atoms with E-state index in [9.17, 15) is 22.4 Å². The molecule has 0 saturated carbocycles. The molecule has 0 bridgehead atoms. The second kappa shape index (κ2) is 5.39. The van der Waals surface area contributed by atoms with Gasteiger partial charge in [-0.15, -0.1) is 13.2 Å². The Hall–Kier alpha value is -2.64. The number of aromatic nitrogens is 1. The molecule has 4 nitrogen and oxygen atoms in total. The van der Waals surface area contributed by atoms with Gasteiger partial charge in [-0.05, 0) is 18.2 Å². The number of carboxylic acids is 1. The average molecular weight is 301 g/mol. The van der Waals surface area contributed by atoms with Crippen molar-refractivity contribution in [1.29, 1.82) is 0 Å². The SMILES string of the molecule is O=C(O)c1cc(F)nc(-c2ccccc2OC(F)(F)F)c1. The fourth-order valence-electron chi connectivity index (χ4n) is 1.65. The van der Waals surface area contributed by atoms with Crippen LogP contribution in [0.5, 0.6) is 5.75 Å². The minimum atomic E-state index is -4.93. The van der Waals surface area contributed by atoms with Gasteiger partial charge in [0.25, 0.3) is 0 Å². The van der Waals surface area contributed by atoms with Crippen LogP contribution >= 0.6 is 0 Å². The van der Waals surface area contributed by atoms with Crippen molar-refractivity contribution in [3.8, 4) is 17.0 Å². The van der Waals surface area contributed by atoms with Crippen molar-refractivity contribution >= 4 is 5.97 Å². The molecule has 0 aliphatic carbocycles. The molecular formula is C13H7F4NO3. The maximum Gasteiger partial charge on any atom is 0.573 e. The standard InChI is InChI=1S/C13H7F4NO3/c14-11-6-7(12(19)20)5-9(18-11)8-3-1-2-4-10(8)21-13(15,16)17/h1-6H,(H,19,20). The molecule has 2 aromatic rings. The first kappa shape index (κ1) is 14.8. The average Bonchev–Trinajstić information content (AvgIpc) is 2.36. The molecule has 21 heavy (non-hydrogen) atoms. The Bertz CT molecular complexity index is 685. The summed E-state index contributed by atoms with van der Waals surface area (Å²) >= 11 is 0. The van der Waals surface area contributed by atoms with Gasteiger partial charge in [0, 0.05) is 11.6 Å². The molecule has 1 heterocycles. The first-order valence-corrected chi connectivity index (χ1v) is 5.52. The highest BCUT2D eigenvalue weighted by Gasteiger charge is 2.32. The Labute approximate surface area is 115 Å². The molecule has 2 rings (SSSR count). The van der Waals surface area contributed by atoms with Gasteiger partial charge in [0.1, 0.15) is 5.75 Å². The van der Waals surface area contributed by atoms with Crippen molar-refractivity contribution in [2.45, 2.75) is 6.36 Å². The summed E-state index contributed by atoms with van der Waals surface area (Å²) in [5, 5.41) is 8.83. The Balaban J connectivity index is 2.54. The Kier molecular flexibility index (Phi) is 3.79. The summed E-state index contributed by atoms with van der Waals surface area (Å²) in [5.74, 6) is -3.14. The number of benzene rings is 1. The number of carbonyl (C=O) groups is 1. The molecule has 0 aliphatic rings. The highest BCUT2D eigenvalue weighted by molar-refractivity contribution is 5.89. The third-order valence-electron chi connectivity index (χ3n) is 2.43. The largest absolute Gasteiger partial charge is 0.573 e. The number of aromatic carboxylic acids is 1. The maximum absolute atomic E-state index is 13.3. The third kappa shape index (κ3) is 3.68. The zero-order valence-corrected chi connectivity index (χ0v) is 10.2. The third-order valence-corrected chi connectivity index (χ3v) is 2.43. The van der Waals surface area contributed by atoms with E-state index in [0.29, 0.717) is 6.07 Å². The van der Waals surface area contributed by atoms with Crippen LogP contribution in [0.2, 0.25) is 0 Å². The number of alkyl halides is 3. The number of hydrogen-bond acceptors (Lipinski definition) is 3. The molecule has 0 atom stereocenters. The van der Waals surface area contributed by atoms with E-state index in [1.807, 2.05) is 0 Å². The molecule has 1 aromatic heterocycles. The molecule has 1 N–H and O–H groups in total. The van der Waals surface area contributed by atoms with Crippen molar-refractivity contribution < 1.29 is 32.2 Å². The number of ether oxygens (including phenoxy) is 1. The molecule has 0 unspecified atom stereocenters. The fourth-order valence-corrected chi connectivity index (χ4v) is 1.65. The lowest BCUT2D eigenvalue weighted by atomic mass is 10.1. The monoisotopic (exact) mass is 301 g/mol. The first-order chi connectivity index (χ1) is 9.76. The van der Waals surface area contributed by atoms with Crippen molar-refractivity contribution in [1.82, 2.24) is 4.98 Å². The van der Waals surface area contributed by atoms with Crippen LogP contribution in [-0.4, -0.2) is 22.4 Å². The van der Waals surface area contributed by atoms with E-state index >= 15 is 0 Å². The number of pyridine rings is 1. The minimum absolute atomic E-state index is 0.170. The van der Waals surface area contributed by atoms with Gasteiger partial charge in [-0.2, -0.15) is 4.39 Å². The predicted octanol–water partition coefficient (Wildman–Crippen LogP) is 3.48. The van der Waals surface area contributed by atoms with E-state index in [0.717, 1.165) is 12.1 Å². The van der Waals surface area contributed by atoms with Crippen LogP contribution in [0.15, 0.2) is 36.4 Å². The topological polar surface area (TPSA) is 59.4 Å². The highest BCUT2D eigenvalue weighted by Crippen LogP contribution is 2.33. The van der Waals surface area contributed by atoms with Crippen LogP contribution in [0, 0.1) is 5.95 Å². The van der Waals surface area contributed by atoms with Crippen molar-refractivity contribution in [3.05, 3.63) is 47.9 Å². The Morgan fingerprint density at radius 3 is 2.48 bits per heavy atom. The summed E-state index contributed by atoms with van der Waals surface area (Å²) in [6.45, 7) is 0. The van der Waals surface area contributed by atoms with Crippen molar-refractivity contribution in [2.75, 3.05) is 0 Å². The summed E-state index contributed by atoms with van der Waals surface area (Å²) < 4.78 is 54.1. The summed E-state index contributed by atoms with van der Waals surface area (Å²) in [7, 11) is 0. The predicted molar refractivity (Wildman–Crippen MR) is 63.3 cm³/mol.